The van der Waals surface area contributed by atoms with Crippen molar-refractivity contribution in [2.45, 2.75) is 37.4 Å². The van der Waals surface area contributed by atoms with E-state index >= 15 is 0 Å². The molecule has 7 rings (SSSR count). The lowest BCUT2D eigenvalue weighted by atomic mass is 9.95. The molecule has 3 aromatic rings. The summed E-state index contributed by atoms with van der Waals surface area (Å²) < 4.78 is 20.1. The van der Waals surface area contributed by atoms with Crippen molar-refractivity contribution in [1.29, 1.82) is 0 Å². The van der Waals surface area contributed by atoms with Crippen LogP contribution < -0.4 is 10.2 Å². The van der Waals surface area contributed by atoms with E-state index < -0.39 is 17.8 Å². The fourth-order valence-corrected chi connectivity index (χ4v) is 7.61. The van der Waals surface area contributed by atoms with Crippen LogP contribution in [-0.2, 0) is 15.1 Å². The number of carbonyl (C=O) groups excluding carboxylic acids is 2. The lowest BCUT2D eigenvalue weighted by Gasteiger charge is -2.38. The quantitative estimate of drug-likeness (QED) is 0.247. The van der Waals surface area contributed by atoms with Crippen LogP contribution in [0.2, 0.25) is 0 Å². The number of urea groups is 1. The molecule has 2 saturated heterocycles. The van der Waals surface area contributed by atoms with Crippen molar-refractivity contribution < 1.29 is 18.7 Å². The molecule has 1 aliphatic carbocycles. The maximum absolute atomic E-state index is 14.1. The average molecular weight is 705 g/mol. The van der Waals surface area contributed by atoms with E-state index in [-0.39, 0.29) is 24.2 Å². The van der Waals surface area contributed by atoms with Gasteiger partial charge in [-0.3, -0.25) is 14.8 Å². The topological polar surface area (TPSA) is 94.7 Å². The normalized spacial score (nSPS) is 22.2. The van der Waals surface area contributed by atoms with Gasteiger partial charge in [0.15, 0.2) is 10.8 Å². The van der Waals surface area contributed by atoms with Gasteiger partial charge in [0.1, 0.15) is 11.9 Å². The lowest BCUT2D eigenvalue weighted by molar-refractivity contribution is -0.139. The lowest BCUT2D eigenvalue weighted by Crippen LogP contribution is -2.53. The van der Waals surface area contributed by atoms with Gasteiger partial charge in [-0.05, 0) is 48.9 Å². The molecule has 0 bridgehead atoms. The summed E-state index contributed by atoms with van der Waals surface area (Å²) in [5.74, 6) is -0.377. The van der Waals surface area contributed by atoms with Crippen molar-refractivity contribution in [1.82, 2.24) is 20.1 Å². The molecule has 46 heavy (non-hydrogen) atoms. The number of hydrogen-bond acceptors (Lipinski definition) is 8. The van der Waals surface area contributed by atoms with E-state index in [1.54, 1.807) is 19.2 Å². The number of rotatable bonds is 8. The Morgan fingerprint density at radius 1 is 1.22 bits per heavy atom. The Morgan fingerprint density at radius 3 is 2.70 bits per heavy atom. The summed E-state index contributed by atoms with van der Waals surface area (Å²) in [6, 6.07) is 11.4. The Bertz CT molecular complexity index is 1790. The van der Waals surface area contributed by atoms with Crippen molar-refractivity contribution in [3.05, 3.63) is 103 Å². The average Bonchev–Trinajstić information content (AvgIpc) is 3.51. The molecule has 4 heterocycles. The Kier molecular flexibility index (Phi) is 8.12. The summed E-state index contributed by atoms with van der Waals surface area (Å²) in [7, 11) is 0. The number of benzene rings is 2. The van der Waals surface area contributed by atoms with E-state index in [4.69, 9.17) is 16.3 Å². The summed E-state index contributed by atoms with van der Waals surface area (Å²) >= 11 is 4.91. The zero-order chi connectivity index (χ0) is 32.0. The molecule has 0 radical (unpaired) electrons. The van der Waals surface area contributed by atoms with E-state index in [9.17, 15) is 14.0 Å². The Labute approximate surface area is 278 Å². The van der Waals surface area contributed by atoms with Crippen molar-refractivity contribution in [3.63, 3.8) is 0 Å². The van der Waals surface area contributed by atoms with E-state index in [0.717, 1.165) is 24.1 Å². The molecule has 3 aliphatic heterocycles. The third-order valence-corrected chi connectivity index (χ3v) is 10.5. The van der Waals surface area contributed by atoms with Gasteiger partial charge >= 0.3 is 12.0 Å². The maximum atomic E-state index is 14.1. The number of nitrogens with zero attached hydrogens (tertiary/aromatic N) is 6. The SMILES string of the molecule is [C-]#[N+]C1(c2ccc(N3C[C@@H]4CN(CC5=C(C(=O)OCC)[C@H](c6ccc(F)cc6Br)N=C(c6nccs6)N5)CCN4C3=O)cc2)CC1. The highest BCUT2D eigenvalue weighted by molar-refractivity contribution is 9.10. The van der Waals surface area contributed by atoms with Crippen LogP contribution in [0.25, 0.3) is 4.85 Å². The van der Waals surface area contributed by atoms with Crippen molar-refractivity contribution >= 4 is 50.8 Å². The summed E-state index contributed by atoms with van der Waals surface area (Å²) in [6.07, 6.45) is 3.46. The summed E-state index contributed by atoms with van der Waals surface area (Å²) in [4.78, 5) is 46.2. The highest BCUT2D eigenvalue weighted by atomic mass is 79.9. The fourth-order valence-electron chi connectivity index (χ4n) is 6.46. The van der Waals surface area contributed by atoms with E-state index in [1.807, 2.05) is 39.4 Å². The van der Waals surface area contributed by atoms with Gasteiger partial charge in [-0.25, -0.2) is 25.5 Å². The molecule has 10 nitrogen and oxygen atoms in total. The number of ether oxygens (including phenoxy) is 1. The van der Waals surface area contributed by atoms with Gasteiger partial charge in [0.25, 0.3) is 5.54 Å². The number of aliphatic imine (C=N–C) groups is 1. The summed E-state index contributed by atoms with van der Waals surface area (Å²) in [6.45, 7) is 12.2. The van der Waals surface area contributed by atoms with Crippen molar-refractivity contribution in [2.24, 2.45) is 4.99 Å². The monoisotopic (exact) mass is 703 g/mol. The zero-order valence-electron chi connectivity index (χ0n) is 25.1. The van der Waals surface area contributed by atoms with Crippen LogP contribution in [0, 0.1) is 12.4 Å². The molecule has 1 aromatic heterocycles. The van der Waals surface area contributed by atoms with Gasteiger partial charge in [0.2, 0.25) is 0 Å². The number of hydrogen-bond donors (Lipinski definition) is 1. The smallest absolute Gasteiger partial charge is 0.338 e. The van der Waals surface area contributed by atoms with Gasteiger partial charge in [-0.15, -0.1) is 11.3 Å². The van der Waals surface area contributed by atoms with Crippen LogP contribution in [0.5, 0.6) is 0 Å². The van der Waals surface area contributed by atoms with Crippen molar-refractivity contribution in [2.75, 3.05) is 44.2 Å². The zero-order valence-corrected chi connectivity index (χ0v) is 27.5. The number of thiazole rings is 1. The molecule has 13 heteroatoms. The Morgan fingerprint density at radius 2 is 2.02 bits per heavy atom. The number of fused-ring (bicyclic) bond motifs is 1. The molecule has 0 unspecified atom stereocenters. The fraction of sp³-hybridized carbons (Fsp3) is 0.364. The van der Waals surface area contributed by atoms with E-state index in [0.29, 0.717) is 64.9 Å². The van der Waals surface area contributed by atoms with Gasteiger partial charge in [0.05, 0.1) is 18.2 Å². The van der Waals surface area contributed by atoms with Crippen LogP contribution in [0.3, 0.4) is 0 Å². The number of amides is 2. The minimum atomic E-state index is -0.755. The third-order valence-electron chi connectivity index (χ3n) is 8.99. The van der Waals surface area contributed by atoms with Gasteiger partial charge in [0, 0.05) is 78.6 Å². The number of nitrogens with one attached hydrogen (secondary N) is 1. The second-order valence-corrected chi connectivity index (χ2v) is 13.5. The molecule has 236 valence electrons. The molecular weight excluding hydrogens is 673 g/mol. The first-order valence-electron chi connectivity index (χ1n) is 15.2. The van der Waals surface area contributed by atoms with Gasteiger partial charge in [-0.1, -0.05) is 22.0 Å². The standard InChI is InChI=1S/C33H31BrFN7O3S/c1-3-45-31(43)27-26(38-29(30-37-12-15-46-30)39-28(27)24-9-6-21(35)16-25(24)34)19-40-13-14-41-23(17-40)18-42(32(41)44)22-7-4-20(5-8-22)33(36-2)10-11-33/h4-9,12,15-16,23,28H,3,10-11,13-14,17-19H2,1H3,(H,38,39)/t23-,28-/m0/s1. The summed E-state index contributed by atoms with van der Waals surface area (Å²) in [5, 5.41) is 5.91. The Balaban J connectivity index is 1.15. The number of aromatic nitrogens is 1. The number of carbonyl (C=O) groups is 2. The number of anilines is 1. The molecule has 2 amide bonds. The largest absolute Gasteiger partial charge is 0.463 e. The predicted octanol–water partition coefficient (Wildman–Crippen LogP) is 5.49. The number of amidine groups is 1. The first kappa shape index (κ1) is 30.5. The highest BCUT2D eigenvalue weighted by Gasteiger charge is 2.52. The highest BCUT2D eigenvalue weighted by Crippen LogP contribution is 2.50. The molecule has 2 aromatic carbocycles. The maximum Gasteiger partial charge on any atom is 0.338 e. The van der Waals surface area contributed by atoms with Gasteiger partial charge < -0.3 is 19.8 Å². The first-order valence-corrected chi connectivity index (χ1v) is 16.9. The molecule has 4 aliphatic rings. The third kappa shape index (κ3) is 5.59. The minimum Gasteiger partial charge on any atom is -0.463 e. The van der Waals surface area contributed by atoms with Gasteiger partial charge in [-0.2, -0.15) is 0 Å². The molecule has 2 atom stereocenters. The van der Waals surface area contributed by atoms with E-state index in [2.05, 4.69) is 36.0 Å². The van der Waals surface area contributed by atoms with E-state index in [1.165, 1.54) is 23.5 Å². The number of piperazine rings is 1. The molecule has 0 spiro atoms. The molecule has 1 saturated carbocycles. The molecular formula is C33H31BrFN7O3S. The number of esters is 1. The van der Waals surface area contributed by atoms with Crippen LogP contribution in [-0.4, -0.2) is 78.0 Å². The van der Waals surface area contributed by atoms with Crippen LogP contribution >= 0.6 is 27.3 Å². The first-order chi connectivity index (χ1) is 22.3. The van der Waals surface area contributed by atoms with Crippen LogP contribution in [0.4, 0.5) is 14.9 Å². The minimum absolute atomic E-state index is 0.0228. The predicted molar refractivity (Wildman–Crippen MR) is 176 cm³/mol. The van der Waals surface area contributed by atoms with Crippen LogP contribution in [0.15, 0.2) is 74.8 Å². The summed E-state index contributed by atoms with van der Waals surface area (Å²) in [5.41, 5.74) is 3.08. The molecule has 3 fully saturated rings. The Hall–Kier alpha value is -4.12. The molecule has 1 N–H and O–H groups in total. The van der Waals surface area contributed by atoms with Crippen molar-refractivity contribution in [3.8, 4) is 0 Å². The second-order valence-electron chi connectivity index (χ2n) is 11.8. The van der Waals surface area contributed by atoms with Crippen LogP contribution in [0.1, 0.15) is 41.9 Å². The second kappa shape index (κ2) is 12.2. The number of halogens is 2.